The molecule has 1 aromatic carbocycles. The molecule has 4 atom stereocenters. The average molecular weight is 600 g/mol. The van der Waals surface area contributed by atoms with Crippen LogP contribution in [0, 0.1) is 13.8 Å². The Balaban J connectivity index is 1.38. The predicted molar refractivity (Wildman–Crippen MR) is 159 cm³/mol. The van der Waals surface area contributed by atoms with Gasteiger partial charge in [-0.1, -0.05) is 29.4 Å². The van der Waals surface area contributed by atoms with E-state index >= 15 is 0 Å². The molecule has 42 heavy (non-hydrogen) atoms. The molecule has 11 nitrogen and oxygen atoms in total. The lowest BCUT2D eigenvalue weighted by Gasteiger charge is -2.28. The summed E-state index contributed by atoms with van der Waals surface area (Å²) >= 11 is 1.59. The number of nitrogens with one attached hydrogen (secondary N) is 2. The van der Waals surface area contributed by atoms with E-state index in [9.17, 15) is 14.7 Å². The number of aromatic nitrogens is 2. The monoisotopic (exact) mass is 599 g/mol. The smallest absolute Gasteiger partial charge is 0.243 e. The molecule has 0 saturated carbocycles. The molecule has 228 valence electrons. The van der Waals surface area contributed by atoms with Gasteiger partial charge in [0.2, 0.25) is 11.8 Å². The van der Waals surface area contributed by atoms with Crippen LogP contribution >= 0.6 is 11.3 Å². The van der Waals surface area contributed by atoms with E-state index in [2.05, 4.69) is 20.8 Å². The number of carbonyl (C=O) groups is 2. The highest BCUT2D eigenvalue weighted by molar-refractivity contribution is 7.13. The number of likely N-dealkylation sites (N-methyl/N-ethyl adjacent to an activating group) is 1. The number of aryl methyl sites for hydroxylation is 2. The van der Waals surface area contributed by atoms with Gasteiger partial charge in [0.25, 0.3) is 0 Å². The van der Waals surface area contributed by atoms with Gasteiger partial charge in [0, 0.05) is 32.2 Å². The molecule has 1 saturated heterocycles. The van der Waals surface area contributed by atoms with Crippen molar-refractivity contribution in [1.82, 2.24) is 25.7 Å². The van der Waals surface area contributed by atoms with E-state index in [0.717, 1.165) is 28.2 Å². The number of benzene rings is 1. The molecule has 12 heteroatoms. The van der Waals surface area contributed by atoms with Crippen LogP contribution in [-0.2, 0) is 19.1 Å². The fraction of sp³-hybridized carbons (Fsp3) is 0.533. The summed E-state index contributed by atoms with van der Waals surface area (Å²) < 4.78 is 16.7. The fourth-order valence-corrected chi connectivity index (χ4v) is 5.85. The SMILES string of the molecule is CNCCOCCOCCC(C(=O)N1C[C@H](O)C[C@H]1C(=O)NC(C)c1ccc(-c2scnc2C)cc1)c1cc(C)no1. The van der Waals surface area contributed by atoms with Crippen molar-refractivity contribution in [3.05, 3.63) is 58.6 Å². The number of β-amino-alcohol motifs (C(OH)–C–C–N with tert-alkyl or cyclic N) is 1. The molecule has 2 aromatic heterocycles. The quantitative estimate of drug-likeness (QED) is 0.225. The third kappa shape index (κ3) is 8.23. The van der Waals surface area contributed by atoms with E-state index in [0.29, 0.717) is 44.3 Å². The molecule has 1 aliphatic heterocycles. The zero-order valence-corrected chi connectivity index (χ0v) is 25.5. The first-order valence-corrected chi connectivity index (χ1v) is 15.2. The number of aliphatic hydroxyl groups is 1. The van der Waals surface area contributed by atoms with Crippen LogP contribution in [0.5, 0.6) is 0 Å². The number of hydrogen-bond donors (Lipinski definition) is 3. The van der Waals surface area contributed by atoms with Crippen molar-refractivity contribution in [3.8, 4) is 10.4 Å². The zero-order chi connectivity index (χ0) is 30.1. The molecule has 3 aromatic rings. The molecule has 0 radical (unpaired) electrons. The predicted octanol–water partition coefficient (Wildman–Crippen LogP) is 2.98. The second-order valence-corrected chi connectivity index (χ2v) is 11.4. The molecular weight excluding hydrogens is 558 g/mol. The lowest BCUT2D eigenvalue weighted by atomic mass is 9.99. The highest BCUT2D eigenvalue weighted by Gasteiger charge is 2.42. The number of amides is 2. The molecule has 4 rings (SSSR count). The summed E-state index contributed by atoms with van der Waals surface area (Å²) in [5, 5.41) is 20.5. The standard InChI is InChI=1S/C30H41N5O6S/c1-19-15-27(41-34-19)25(9-11-39-13-14-40-12-10-31-4)30(38)35-17-24(36)16-26(35)29(37)33-20(2)22-5-7-23(8-6-22)28-21(3)32-18-42-28/h5-8,15,18,20,24-26,31,36H,9-14,16-17H2,1-4H3,(H,33,37)/t20?,24-,25?,26+/m1/s1. The lowest BCUT2D eigenvalue weighted by Crippen LogP contribution is -2.48. The summed E-state index contributed by atoms with van der Waals surface area (Å²) in [5.74, 6) is -0.889. The van der Waals surface area contributed by atoms with Crippen molar-refractivity contribution in [3.63, 3.8) is 0 Å². The highest BCUT2D eigenvalue weighted by atomic mass is 32.1. The number of ether oxygens (including phenoxy) is 2. The Kier molecular flexibility index (Phi) is 11.6. The van der Waals surface area contributed by atoms with Crippen LogP contribution < -0.4 is 10.6 Å². The van der Waals surface area contributed by atoms with Gasteiger partial charge in [-0.25, -0.2) is 4.98 Å². The summed E-state index contributed by atoms with van der Waals surface area (Å²) in [4.78, 5) is 34.2. The normalized spacial score (nSPS) is 18.3. The molecule has 2 unspecified atom stereocenters. The van der Waals surface area contributed by atoms with Gasteiger partial charge in [-0.05, 0) is 45.4 Å². The second kappa shape index (κ2) is 15.4. The summed E-state index contributed by atoms with van der Waals surface area (Å²) in [6, 6.07) is 8.65. The van der Waals surface area contributed by atoms with Crippen LogP contribution in [0.15, 0.2) is 40.4 Å². The zero-order valence-electron chi connectivity index (χ0n) is 24.7. The van der Waals surface area contributed by atoms with Crippen molar-refractivity contribution < 1.29 is 28.7 Å². The number of nitrogens with zero attached hydrogens (tertiary/aromatic N) is 3. The summed E-state index contributed by atoms with van der Waals surface area (Å²) in [5.41, 5.74) is 5.48. The maximum atomic E-state index is 13.8. The van der Waals surface area contributed by atoms with Gasteiger partial charge in [0.1, 0.15) is 17.7 Å². The minimum absolute atomic E-state index is 0.0674. The van der Waals surface area contributed by atoms with E-state index in [1.165, 1.54) is 4.90 Å². The van der Waals surface area contributed by atoms with Crippen molar-refractivity contribution in [1.29, 1.82) is 0 Å². The van der Waals surface area contributed by atoms with Crippen LogP contribution in [0.4, 0.5) is 0 Å². The molecule has 2 amide bonds. The Morgan fingerprint density at radius 2 is 1.90 bits per heavy atom. The van der Waals surface area contributed by atoms with Crippen LogP contribution in [0.2, 0.25) is 0 Å². The number of hydrogen-bond acceptors (Lipinski definition) is 10. The number of thiazole rings is 1. The van der Waals surface area contributed by atoms with Gasteiger partial charge in [-0.2, -0.15) is 0 Å². The van der Waals surface area contributed by atoms with Gasteiger partial charge in [0.05, 0.1) is 53.7 Å². The largest absolute Gasteiger partial charge is 0.391 e. The Bertz CT molecular complexity index is 1300. The van der Waals surface area contributed by atoms with E-state index < -0.39 is 18.1 Å². The Morgan fingerprint density at radius 1 is 1.17 bits per heavy atom. The minimum Gasteiger partial charge on any atom is -0.391 e. The highest BCUT2D eigenvalue weighted by Crippen LogP contribution is 2.30. The summed E-state index contributed by atoms with van der Waals surface area (Å²) in [7, 11) is 1.86. The molecule has 3 heterocycles. The Morgan fingerprint density at radius 3 is 2.55 bits per heavy atom. The Labute approximate surface area is 250 Å². The maximum absolute atomic E-state index is 13.8. The third-order valence-electron chi connectivity index (χ3n) is 7.35. The molecule has 3 N–H and O–H groups in total. The Hall–Kier alpha value is -3.16. The number of rotatable bonds is 15. The number of likely N-dealkylation sites (tertiary alicyclic amines) is 1. The second-order valence-electron chi connectivity index (χ2n) is 10.6. The molecule has 1 fully saturated rings. The van der Waals surface area contributed by atoms with Crippen LogP contribution in [0.1, 0.15) is 54.4 Å². The lowest BCUT2D eigenvalue weighted by molar-refractivity contribution is -0.140. The molecule has 0 aliphatic carbocycles. The first-order valence-electron chi connectivity index (χ1n) is 14.3. The van der Waals surface area contributed by atoms with E-state index in [-0.39, 0.29) is 30.8 Å². The summed E-state index contributed by atoms with van der Waals surface area (Å²) in [6.45, 7) is 8.24. The van der Waals surface area contributed by atoms with Crippen molar-refractivity contribution in [2.45, 2.75) is 57.7 Å². The van der Waals surface area contributed by atoms with Gasteiger partial charge in [-0.15, -0.1) is 11.3 Å². The van der Waals surface area contributed by atoms with E-state index in [1.807, 2.05) is 50.7 Å². The van der Waals surface area contributed by atoms with Crippen LogP contribution in [0.25, 0.3) is 10.4 Å². The minimum atomic E-state index is -0.804. The number of carbonyl (C=O) groups excluding carboxylic acids is 2. The first kappa shape index (κ1) is 31.8. The molecule has 0 bridgehead atoms. The molecular formula is C30H41N5O6S. The van der Waals surface area contributed by atoms with Gasteiger partial charge >= 0.3 is 0 Å². The van der Waals surface area contributed by atoms with Crippen LogP contribution in [-0.4, -0.2) is 90.7 Å². The van der Waals surface area contributed by atoms with Gasteiger partial charge < -0.3 is 34.6 Å². The molecule has 1 aliphatic rings. The van der Waals surface area contributed by atoms with E-state index in [4.69, 9.17) is 14.0 Å². The van der Waals surface area contributed by atoms with Gasteiger partial charge in [0.15, 0.2) is 0 Å². The third-order valence-corrected chi connectivity index (χ3v) is 8.33. The first-order chi connectivity index (χ1) is 20.3. The summed E-state index contributed by atoms with van der Waals surface area (Å²) in [6.07, 6.45) is -0.298. The van der Waals surface area contributed by atoms with Crippen molar-refractivity contribution >= 4 is 23.2 Å². The fourth-order valence-electron chi connectivity index (χ4n) is 5.03. The van der Waals surface area contributed by atoms with Gasteiger partial charge in [-0.3, -0.25) is 9.59 Å². The topological polar surface area (TPSA) is 139 Å². The number of aliphatic hydroxyl groups excluding tert-OH is 1. The van der Waals surface area contributed by atoms with E-state index in [1.54, 1.807) is 24.3 Å². The van der Waals surface area contributed by atoms with Crippen LogP contribution in [0.3, 0.4) is 0 Å². The van der Waals surface area contributed by atoms with Crippen molar-refractivity contribution in [2.75, 3.05) is 46.6 Å². The van der Waals surface area contributed by atoms with Crippen molar-refractivity contribution in [2.24, 2.45) is 0 Å². The average Bonchev–Trinajstić information content (AvgIpc) is 3.71. The maximum Gasteiger partial charge on any atom is 0.243 e. The molecule has 0 spiro atoms.